The van der Waals surface area contributed by atoms with Crippen molar-refractivity contribution in [3.05, 3.63) is 45.1 Å². The number of hydrogen-bond donors (Lipinski definition) is 0. The van der Waals surface area contributed by atoms with Crippen LogP contribution in [0.25, 0.3) is 0 Å². The first-order chi connectivity index (χ1) is 8.49. The van der Waals surface area contributed by atoms with Gasteiger partial charge < -0.3 is 8.83 Å². The van der Waals surface area contributed by atoms with Crippen LogP contribution in [0.3, 0.4) is 0 Å². The molecule has 0 fully saturated rings. The van der Waals surface area contributed by atoms with Gasteiger partial charge in [-0.2, -0.15) is 0 Å². The Balaban J connectivity index is 2.16. The van der Waals surface area contributed by atoms with E-state index in [0.29, 0.717) is 20.9 Å². The lowest BCUT2D eigenvalue weighted by atomic mass is 9.92. The molecule has 2 aromatic heterocycles. The molecule has 2 atom stereocenters. The average molecular weight is 376 g/mol. The molecule has 3 nitrogen and oxygen atoms in total. The normalized spacial score (nSPS) is 14.4. The minimum absolute atomic E-state index is 0.0682. The van der Waals surface area contributed by atoms with Gasteiger partial charge in [-0.3, -0.25) is 4.79 Å². The summed E-state index contributed by atoms with van der Waals surface area (Å²) >= 11 is 6.46. The Kier molecular flexibility index (Phi) is 4.12. The molecule has 0 aromatic carbocycles. The Morgan fingerprint density at radius 2 is 1.33 bits per heavy atom. The third kappa shape index (κ3) is 2.78. The summed E-state index contributed by atoms with van der Waals surface area (Å²) in [7, 11) is 0. The number of furan rings is 2. The molecular weight excluding hydrogens is 364 g/mol. The fraction of sp³-hybridized carbons (Fsp3) is 0.308. The molecule has 0 N–H and O–H groups in total. The van der Waals surface area contributed by atoms with Crippen LogP contribution in [-0.2, 0) is 4.79 Å². The highest BCUT2D eigenvalue weighted by atomic mass is 79.9. The standard InChI is InChI=1S/C13H12Br2O3/c1-7(9-3-5-11(14)17-9)13(16)8(2)10-4-6-12(15)18-10/h3-8H,1-2H3. The minimum Gasteiger partial charge on any atom is -0.454 e. The van der Waals surface area contributed by atoms with E-state index in [1.54, 1.807) is 24.3 Å². The first-order valence-corrected chi connectivity index (χ1v) is 7.12. The van der Waals surface area contributed by atoms with E-state index in [1.807, 2.05) is 13.8 Å². The maximum Gasteiger partial charge on any atom is 0.169 e. The summed E-state index contributed by atoms with van der Waals surface area (Å²) < 4.78 is 12.1. The molecule has 2 aromatic rings. The van der Waals surface area contributed by atoms with Crippen molar-refractivity contribution < 1.29 is 13.6 Å². The van der Waals surface area contributed by atoms with Crippen LogP contribution < -0.4 is 0 Å². The van der Waals surface area contributed by atoms with Crippen molar-refractivity contribution in [2.45, 2.75) is 25.7 Å². The van der Waals surface area contributed by atoms with Gasteiger partial charge in [0.15, 0.2) is 15.1 Å². The van der Waals surface area contributed by atoms with Crippen molar-refractivity contribution >= 4 is 37.6 Å². The van der Waals surface area contributed by atoms with E-state index in [4.69, 9.17) is 8.83 Å². The van der Waals surface area contributed by atoms with Crippen LogP contribution >= 0.6 is 31.9 Å². The number of hydrogen-bond acceptors (Lipinski definition) is 3. The second kappa shape index (κ2) is 5.45. The van der Waals surface area contributed by atoms with Crippen molar-refractivity contribution in [2.75, 3.05) is 0 Å². The lowest BCUT2D eigenvalue weighted by molar-refractivity contribution is -0.121. The van der Waals surface area contributed by atoms with Gasteiger partial charge in [-0.15, -0.1) is 0 Å². The Morgan fingerprint density at radius 1 is 0.944 bits per heavy atom. The smallest absolute Gasteiger partial charge is 0.169 e. The second-order valence-electron chi connectivity index (χ2n) is 4.13. The Bertz CT molecular complexity index is 508. The van der Waals surface area contributed by atoms with Crippen LogP contribution in [0.4, 0.5) is 0 Å². The molecule has 2 rings (SSSR count). The number of halogens is 2. The molecule has 2 heterocycles. The maximum absolute atomic E-state index is 12.3. The third-order valence-electron chi connectivity index (χ3n) is 2.90. The van der Waals surface area contributed by atoms with E-state index in [0.717, 1.165) is 0 Å². The van der Waals surface area contributed by atoms with Gasteiger partial charge in [0.2, 0.25) is 0 Å². The van der Waals surface area contributed by atoms with Gasteiger partial charge in [0, 0.05) is 0 Å². The second-order valence-corrected chi connectivity index (χ2v) is 5.69. The molecule has 18 heavy (non-hydrogen) atoms. The topological polar surface area (TPSA) is 43.4 Å². The number of rotatable bonds is 4. The van der Waals surface area contributed by atoms with Gasteiger partial charge >= 0.3 is 0 Å². The molecule has 0 bridgehead atoms. The Labute approximate surface area is 122 Å². The average Bonchev–Trinajstić information content (AvgIpc) is 2.95. The lowest BCUT2D eigenvalue weighted by Gasteiger charge is -2.12. The highest BCUT2D eigenvalue weighted by Crippen LogP contribution is 2.30. The van der Waals surface area contributed by atoms with Crippen molar-refractivity contribution in [3.63, 3.8) is 0 Å². The number of ketones is 1. The molecule has 0 saturated carbocycles. The fourth-order valence-electron chi connectivity index (χ4n) is 1.78. The van der Waals surface area contributed by atoms with Crippen molar-refractivity contribution in [3.8, 4) is 0 Å². The van der Waals surface area contributed by atoms with Crippen LogP contribution in [0, 0.1) is 0 Å². The minimum atomic E-state index is -0.296. The van der Waals surface area contributed by atoms with Gasteiger partial charge in [0.05, 0.1) is 11.8 Å². The first-order valence-electron chi connectivity index (χ1n) is 5.53. The van der Waals surface area contributed by atoms with E-state index in [9.17, 15) is 4.79 Å². The predicted molar refractivity (Wildman–Crippen MR) is 74.7 cm³/mol. The summed E-state index contributed by atoms with van der Waals surface area (Å²) in [6.45, 7) is 3.67. The van der Waals surface area contributed by atoms with Gasteiger partial charge in [-0.05, 0) is 70.0 Å². The van der Waals surface area contributed by atoms with Crippen LogP contribution in [-0.4, -0.2) is 5.78 Å². The summed E-state index contributed by atoms with van der Waals surface area (Å²) in [5, 5.41) is 0. The first kappa shape index (κ1) is 13.6. The lowest BCUT2D eigenvalue weighted by Crippen LogP contribution is -2.15. The van der Waals surface area contributed by atoms with Crippen LogP contribution in [0.2, 0.25) is 0 Å². The fourth-order valence-corrected chi connectivity index (χ4v) is 2.42. The summed E-state index contributed by atoms with van der Waals surface area (Å²) in [6, 6.07) is 7.18. The Morgan fingerprint density at radius 3 is 1.61 bits per heavy atom. The number of carbonyl (C=O) groups excluding carboxylic acids is 1. The van der Waals surface area contributed by atoms with Gasteiger partial charge in [0.25, 0.3) is 0 Å². The van der Waals surface area contributed by atoms with E-state index in [1.165, 1.54) is 0 Å². The summed E-state index contributed by atoms with van der Waals surface area (Å²) in [5.74, 6) is 0.790. The molecule has 0 spiro atoms. The quantitative estimate of drug-likeness (QED) is 0.765. The molecule has 0 radical (unpaired) electrons. The van der Waals surface area contributed by atoms with Gasteiger partial charge in [0.1, 0.15) is 11.5 Å². The molecule has 0 saturated heterocycles. The van der Waals surface area contributed by atoms with Gasteiger partial charge in [-0.25, -0.2) is 0 Å². The summed E-state index contributed by atoms with van der Waals surface area (Å²) in [6.07, 6.45) is 0. The SMILES string of the molecule is CC(C(=O)C(C)c1ccc(Br)o1)c1ccc(Br)o1. The van der Waals surface area contributed by atoms with Crippen LogP contribution in [0.5, 0.6) is 0 Å². The molecule has 96 valence electrons. The monoisotopic (exact) mass is 374 g/mol. The summed E-state index contributed by atoms with van der Waals surface area (Å²) in [4.78, 5) is 12.3. The van der Waals surface area contributed by atoms with E-state index in [2.05, 4.69) is 31.9 Å². The zero-order chi connectivity index (χ0) is 13.3. The van der Waals surface area contributed by atoms with Crippen molar-refractivity contribution in [2.24, 2.45) is 0 Å². The van der Waals surface area contributed by atoms with Crippen molar-refractivity contribution in [1.82, 2.24) is 0 Å². The van der Waals surface area contributed by atoms with E-state index in [-0.39, 0.29) is 17.6 Å². The molecule has 5 heteroatoms. The zero-order valence-corrected chi connectivity index (χ0v) is 13.1. The van der Waals surface area contributed by atoms with Crippen molar-refractivity contribution in [1.29, 1.82) is 0 Å². The predicted octanol–water partition coefficient (Wildman–Crippen LogP) is 4.87. The van der Waals surface area contributed by atoms with Crippen LogP contribution in [0.15, 0.2) is 42.4 Å². The molecule has 0 aliphatic carbocycles. The summed E-state index contributed by atoms with van der Waals surface area (Å²) in [5.41, 5.74) is 0. The number of carbonyl (C=O) groups is 1. The van der Waals surface area contributed by atoms with E-state index >= 15 is 0 Å². The zero-order valence-electron chi connectivity index (χ0n) is 9.94. The van der Waals surface area contributed by atoms with Crippen LogP contribution in [0.1, 0.15) is 37.2 Å². The molecule has 0 aliphatic rings. The third-order valence-corrected chi connectivity index (χ3v) is 3.75. The molecule has 0 amide bonds. The highest BCUT2D eigenvalue weighted by Gasteiger charge is 2.26. The molecule has 0 aliphatic heterocycles. The Hall–Kier alpha value is -0.810. The highest BCUT2D eigenvalue weighted by molar-refractivity contribution is 9.10. The maximum atomic E-state index is 12.3. The van der Waals surface area contributed by atoms with E-state index < -0.39 is 0 Å². The number of Topliss-reactive ketones (excluding diaryl/α,β-unsaturated/α-hetero) is 1. The van der Waals surface area contributed by atoms with Gasteiger partial charge in [-0.1, -0.05) is 0 Å². The molecule has 2 unspecified atom stereocenters. The largest absolute Gasteiger partial charge is 0.454 e. The molecular formula is C13H12Br2O3.